The maximum absolute atomic E-state index is 6.20. The van der Waals surface area contributed by atoms with Gasteiger partial charge in [-0.3, -0.25) is 4.90 Å². The van der Waals surface area contributed by atoms with Crippen molar-refractivity contribution < 1.29 is 0 Å². The predicted octanol–water partition coefficient (Wildman–Crippen LogP) is 2.83. The van der Waals surface area contributed by atoms with E-state index in [-0.39, 0.29) is 5.54 Å². The zero-order chi connectivity index (χ0) is 13.2. The molecule has 2 rings (SSSR count). The summed E-state index contributed by atoms with van der Waals surface area (Å²) in [6.07, 6.45) is 3.66. The molecule has 0 radical (unpaired) electrons. The molecule has 1 aliphatic rings. The molecule has 2 heteroatoms. The number of nitrogens with two attached hydrogens (primary N) is 1. The number of rotatable bonds is 4. The van der Waals surface area contributed by atoms with Crippen molar-refractivity contribution in [3.63, 3.8) is 0 Å². The van der Waals surface area contributed by atoms with Crippen LogP contribution in [0.1, 0.15) is 43.4 Å². The number of aryl methyl sites for hydroxylation is 2. The minimum absolute atomic E-state index is 0.0742. The van der Waals surface area contributed by atoms with E-state index in [0.29, 0.717) is 0 Å². The first kappa shape index (κ1) is 13.6. The lowest BCUT2D eigenvalue weighted by atomic mass is 9.74. The molecule has 1 unspecified atom stereocenters. The third kappa shape index (κ3) is 2.08. The Morgan fingerprint density at radius 3 is 2.61 bits per heavy atom. The Morgan fingerprint density at radius 2 is 2.00 bits per heavy atom. The van der Waals surface area contributed by atoms with E-state index in [2.05, 4.69) is 43.9 Å². The van der Waals surface area contributed by atoms with Crippen LogP contribution < -0.4 is 5.73 Å². The highest BCUT2D eigenvalue weighted by Gasteiger charge is 2.39. The number of benzene rings is 1. The average molecular weight is 246 g/mol. The molecule has 0 saturated carbocycles. The van der Waals surface area contributed by atoms with E-state index in [1.165, 1.54) is 36.0 Å². The average Bonchev–Trinajstić information content (AvgIpc) is 2.39. The van der Waals surface area contributed by atoms with Gasteiger partial charge in [0.25, 0.3) is 0 Å². The van der Waals surface area contributed by atoms with Crippen LogP contribution in [0.4, 0.5) is 0 Å². The summed E-state index contributed by atoms with van der Waals surface area (Å²) in [6.45, 7) is 9.52. The summed E-state index contributed by atoms with van der Waals surface area (Å²) in [7, 11) is 0. The van der Waals surface area contributed by atoms with Gasteiger partial charge in [-0.15, -0.1) is 0 Å². The Morgan fingerprint density at radius 1 is 1.28 bits per heavy atom. The van der Waals surface area contributed by atoms with Crippen LogP contribution in [0.25, 0.3) is 0 Å². The van der Waals surface area contributed by atoms with Gasteiger partial charge in [0, 0.05) is 6.54 Å². The van der Waals surface area contributed by atoms with E-state index in [1.807, 2.05) is 0 Å². The molecule has 1 aromatic rings. The van der Waals surface area contributed by atoms with Gasteiger partial charge in [0.05, 0.1) is 5.54 Å². The lowest BCUT2D eigenvalue weighted by molar-refractivity contribution is 0.0857. The standard InChI is InChI=1S/C16H26N2/c1-4-18(5-2)16(12-17)10-6-7-14-11-13(3)8-9-15(14)16/h8-9,11H,4-7,10,12,17H2,1-3H3. The number of likely N-dealkylation sites (N-methyl/N-ethyl adjacent to an activating group) is 1. The van der Waals surface area contributed by atoms with E-state index in [0.717, 1.165) is 19.6 Å². The second kappa shape index (κ2) is 5.41. The Labute approximate surface area is 111 Å². The fourth-order valence-corrected chi connectivity index (χ4v) is 3.59. The Hall–Kier alpha value is -0.860. The Kier molecular flexibility index (Phi) is 4.08. The summed E-state index contributed by atoms with van der Waals surface area (Å²) in [5, 5.41) is 0. The first-order chi connectivity index (χ1) is 8.67. The van der Waals surface area contributed by atoms with E-state index >= 15 is 0 Å². The summed E-state index contributed by atoms with van der Waals surface area (Å²) in [4.78, 5) is 2.54. The molecule has 0 aliphatic heterocycles. The van der Waals surface area contributed by atoms with Gasteiger partial charge in [0.15, 0.2) is 0 Å². The van der Waals surface area contributed by atoms with Crippen molar-refractivity contribution in [3.8, 4) is 0 Å². The van der Waals surface area contributed by atoms with Crippen LogP contribution in [-0.2, 0) is 12.0 Å². The highest BCUT2D eigenvalue weighted by Crippen LogP contribution is 2.39. The zero-order valence-electron chi connectivity index (χ0n) is 12.0. The van der Waals surface area contributed by atoms with Crippen LogP contribution in [0.15, 0.2) is 18.2 Å². The van der Waals surface area contributed by atoms with Crippen molar-refractivity contribution in [1.29, 1.82) is 0 Å². The molecule has 0 bridgehead atoms. The summed E-state index contributed by atoms with van der Waals surface area (Å²) in [6, 6.07) is 6.90. The van der Waals surface area contributed by atoms with Gasteiger partial charge in [-0.1, -0.05) is 37.6 Å². The third-order valence-corrected chi connectivity index (χ3v) is 4.51. The fraction of sp³-hybridized carbons (Fsp3) is 0.625. The van der Waals surface area contributed by atoms with E-state index in [9.17, 15) is 0 Å². The molecule has 2 nitrogen and oxygen atoms in total. The normalized spacial score (nSPS) is 23.2. The summed E-state index contributed by atoms with van der Waals surface area (Å²) in [5.74, 6) is 0. The van der Waals surface area contributed by atoms with Gasteiger partial charge in [-0.25, -0.2) is 0 Å². The number of fused-ring (bicyclic) bond motifs is 1. The van der Waals surface area contributed by atoms with Crippen LogP contribution >= 0.6 is 0 Å². The van der Waals surface area contributed by atoms with Gasteiger partial charge < -0.3 is 5.73 Å². The van der Waals surface area contributed by atoms with Crippen LogP contribution in [0.3, 0.4) is 0 Å². The van der Waals surface area contributed by atoms with Crippen LogP contribution in [0.2, 0.25) is 0 Å². The van der Waals surface area contributed by atoms with Gasteiger partial charge in [0.1, 0.15) is 0 Å². The predicted molar refractivity (Wildman–Crippen MR) is 77.8 cm³/mol. The molecular formula is C16H26N2. The lowest BCUT2D eigenvalue weighted by Gasteiger charge is -2.46. The van der Waals surface area contributed by atoms with Gasteiger partial charge in [-0.2, -0.15) is 0 Å². The molecule has 1 aromatic carbocycles. The van der Waals surface area contributed by atoms with Crippen molar-refractivity contribution in [3.05, 3.63) is 34.9 Å². The monoisotopic (exact) mass is 246 g/mol. The SMILES string of the molecule is CCN(CC)C1(CN)CCCc2cc(C)ccc21. The molecule has 2 N–H and O–H groups in total. The third-order valence-electron chi connectivity index (χ3n) is 4.51. The first-order valence-electron chi connectivity index (χ1n) is 7.23. The molecular weight excluding hydrogens is 220 g/mol. The van der Waals surface area contributed by atoms with Crippen molar-refractivity contribution in [2.24, 2.45) is 5.73 Å². The van der Waals surface area contributed by atoms with Gasteiger partial charge in [-0.05, 0) is 50.4 Å². The van der Waals surface area contributed by atoms with Gasteiger partial charge in [0.2, 0.25) is 0 Å². The topological polar surface area (TPSA) is 29.3 Å². The summed E-state index contributed by atoms with van der Waals surface area (Å²) in [5.41, 5.74) is 10.6. The molecule has 100 valence electrons. The largest absolute Gasteiger partial charge is 0.328 e. The minimum atomic E-state index is 0.0742. The quantitative estimate of drug-likeness (QED) is 0.885. The number of nitrogens with zero attached hydrogens (tertiary/aromatic N) is 1. The number of hydrogen-bond acceptors (Lipinski definition) is 2. The van der Waals surface area contributed by atoms with E-state index in [1.54, 1.807) is 0 Å². The molecule has 0 saturated heterocycles. The molecule has 0 spiro atoms. The van der Waals surface area contributed by atoms with Crippen LogP contribution in [0, 0.1) is 6.92 Å². The smallest absolute Gasteiger partial charge is 0.0586 e. The van der Waals surface area contributed by atoms with Crippen LogP contribution in [0.5, 0.6) is 0 Å². The van der Waals surface area contributed by atoms with E-state index in [4.69, 9.17) is 5.73 Å². The van der Waals surface area contributed by atoms with Crippen LogP contribution in [-0.4, -0.2) is 24.5 Å². The summed E-state index contributed by atoms with van der Waals surface area (Å²) >= 11 is 0. The molecule has 1 atom stereocenters. The van der Waals surface area contributed by atoms with Crippen molar-refractivity contribution in [2.75, 3.05) is 19.6 Å². The minimum Gasteiger partial charge on any atom is -0.328 e. The van der Waals surface area contributed by atoms with Gasteiger partial charge >= 0.3 is 0 Å². The second-order valence-corrected chi connectivity index (χ2v) is 5.42. The molecule has 0 aromatic heterocycles. The molecule has 0 heterocycles. The fourth-order valence-electron chi connectivity index (χ4n) is 3.59. The molecule has 0 amide bonds. The summed E-state index contributed by atoms with van der Waals surface area (Å²) < 4.78 is 0. The maximum atomic E-state index is 6.20. The van der Waals surface area contributed by atoms with E-state index < -0.39 is 0 Å². The van der Waals surface area contributed by atoms with Crippen molar-refractivity contribution >= 4 is 0 Å². The maximum Gasteiger partial charge on any atom is 0.0586 e. The van der Waals surface area contributed by atoms with Crippen molar-refractivity contribution in [1.82, 2.24) is 4.90 Å². The second-order valence-electron chi connectivity index (χ2n) is 5.42. The zero-order valence-corrected chi connectivity index (χ0v) is 12.0. The lowest BCUT2D eigenvalue weighted by Crippen LogP contribution is -2.53. The Bertz CT molecular complexity index is 410. The Balaban J connectivity index is 2.51. The van der Waals surface area contributed by atoms with Crippen molar-refractivity contribution in [2.45, 2.75) is 45.6 Å². The number of hydrogen-bond donors (Lipinski definition) is 1. The molecule has 1 aliphatic carbocycles. The molecule has 18 heavy (non-hydrogen) atoms. The highest BCUT2D eigenvalue weighted by molar-refractivity contribution is 5.39. The highest BCUT2D eigenvalue weighted by atomic mass is 15.2. The first-order valence-corrected chi connectivity index (χ1v) is 7.23. The molecule has 0 fully saturated rings.